The van der Waals surface area contributed by atoms with Crippen LogP contribution in [0.2, 0.25) is 0 Å². The van der Waals surface area contributed by atoms with E-state index in [1.54, 1.807) is 30.3 Å². The zero-order valence-corrected chi connectivity index (χ0v) is 10.1. The normalized spacial score (nSPS) is 22.6. The Morgan fingerprint density at radius 1 is 1.47 bits per heavy atom. The lowest BCUT2D eigenvalue weighted by Gasteiger charge is -2.15. The van der Waals surface area contributed by atoms with E-state index >= 15 is 0 Å². The van der Waals surface area contributed by atoms with Gasteiger partial charge in [0.2, 0.25) is 0 Å². The highest BCUT2D eigenvalue weighted by Crippen LogP contribution is 2.19. The van der Waals surface area contributed by atoms with Crippen molar-refractivity contribution in [1.29, 1.82) is 5.26 Å². The maximum absolute atomic E-state index is 9.56. The first-order valence-electron chi connectivity index (χ1n) is 5.74. The number of ether oxygens (including phenoxy) is 2. The number of nitrogens with zero attached hydrogens (tertiary/aromatic N) is 2. The van der Waals surface area contributed by atoms with Crippen LogP contribution in [0.4, 0.5) is 0 Å². The SMILES string of the molecule is [C-]#[N+]/C(C#N)=C\c1ccc(O[C@H]2COC[C@@H]2O)cc1. The van der Waals surface area contributed by atoms with Gasteiger partial charge in [0.25, 0.3) is 5.70 Å². The Labute approximate surface area is 111 Å². The molecule has 1 fully saturated rings. The molecular weight excluding hydrogens is 244 g/mol. The van der Waals surface area contributed by atoms with Crippen molar-refractivity contribution in [3.8, 4) is 11.8 Å². The fourth-order valence-corrected chi connectivity index (χ4v) is 1.70. The van der Waals surface area contributed by atoms with Crippen molar-refractivity contribution in [2.75, 3.05) is 13.2 Å². The van der Waals surface area contributed by atoms with Gasteiger partial charge in [0, 0.05) is 0 Å². The molecule has 0 aromatic heterocycles. The van der Waals surface area contributed by atoms with E-state index in [0.717, 1.165) is 5.56 Å². The first kappa shape index (κ1) is 13.1. The molecule has 0 radical (unpaired) electrons. The van der Waals surface area contributed by atoms with Gasteiger partial charge in [-0.2, -0.15) is 0 Å². The minimum Gasteiger partial charge on any atom is -0.485 e. The number of allylic oxidation sites excluding steroid dienone is 1. The molecule has 1 heterocycles. The Kier molecular flexibility index (Phi) is 4.15. The molecular formula is C14H12N2O3. The van der Waals surface area contributed by atoms with Gasteiger partial charge in [-0.25, -0.2) is 10.1 Å². The molecule has 1 N–H and O–H groups in total. The van der Waals surface area contributed by atoms with E-state index in [1.807, 2.05) is 0 Å². The third-order valence-electron chi connectivity index (χ3n) is 2.71. The predicted octanol–water partition coefficient (Wildman–Crippen LogP) is 1.61. The quantitative estimate of drug-likeness (QED) is 0.659. The van der Waals surface area contributed by atoms with Gasteiger partial charge in [0.1, 0.15) is 18.0 Å². The standard InChI is InChI=1S/C14H12N2O3/c1-16-11(7-15)6-10-2-4-12(5-3-10)19-14-9-18-8-13(14)17/h2-6,13-14,17H,8-9H2/b11-6-/t13-,14-/m0/s1. The molecule has 1 aliphatic rings. The molecule has 0 aliphatic carbocycles. The van der Waals surface area contributed by atoms with Gasteiger partial charge >= 0.3 is 0 Å². The minimum absolute atomic E-state index is 0.0354. The number of benzene rings is 1. The fraction of sp³-hybridized carbons (Fsp3) is 0.286. The molecule has 0 saturated carbocycles. The molecule has 19 heavy (non-hydrogen) atoms. The highest BCUT2D eigenvalue weighted by molar-refractivity contribution is 5.59. The molecule has 1 aliphatic heterocycles. The maximum atomic E-state index is 9.56. The molecule has 1 aromatic rings. The summed E-state index contributed by atoms with van der Waals surface area (Å²) in [5.74, 6) is 0.619. The van der Waals surface area contributed by atoms with Gasteiger partial charge in [-0.05, 0) is 23.8 Å². The van der Waals surface area contributed by atoms with E-state index in [9.17, 15) is 5.11 Å². The molecule has 2 rings (SSSR count). The van der Waals surface area contributed by atoms with Gasteiger partial charge in [-0.1, -0.05) is 12.1 Å². The van der Waals surface area contributed by atoms with Crippen LogP contribution < -0.4 is 4.74 Å². The Bertz CT molecular complexity index is 536. The Balaban J connectivity index is 2.05. The van der Waals surface area contributed by atoms with Crippen LogP contribution in [-0.4, -0.2) is 30.5 Å². The predicted molar refractivity (Wildman–Crippen MR) is 67.9 cm³/mol. The second-order valence-electron chi connectivity index (χ2n) is 4.08. The minimum atomic E-state index is -0.605. The lowest BCUT2D eigenvalue weighted by Crippen LogP contribution is -2.29. The summed E-state index contributed by atoms with van der Waals surface area (Å²) < 4.78 is 10.7. The van der Waals surface area contributed by atoms with E-state index in [4.69, 9.17) is 21.3 Å². The van der Waals surface area contributed by atoms with Crippen molar-refractivity contribution in [3.63, 3.8) is 0 Å². The summed E-state index contributed by atoms with van der Waals surface area (Å²) >= 11 is 0. The third-order valence-corrected chi connectivity index (χ3v) is 2.71. The van der Waals surface area contributed by atoms with Crippen LogP contribution in [0, 0.1) is 17.9 Å². The summed E-state index contributed by atoms with van der Waals surface area (Å²) in [4.78, 5) is 3.09. The van der Waals surface area contributed by atoms with Crippen LogP contribution in [0.15, 0.2) is 30.0 Å². The highest BCUT2D eigenvalue weighted by atomic mass is 16.6. The van der Waals surface area contributed by atoms with Gasteiger partial charge < -0.3 is 14.6 Å². The van der Waals surface area contributed by atoms with Gasteiger partial charge in [0.15, 0.2) is 0 Å². The Morgan fingerprint density at radius 3 is 2.74 bits per heavy atom. The smallest absolute Gasteiger partial charge is 0.262 e. The zero-order chi connectivity index (χ0) is 13.7. The summed E-state index contributed by atoms with van der Waals surface area (Å²) in [6, 6.07) is 8.77. The van der Waals surface area contributed by atoms with Crippen LogP contribution >= 0.6 is 0 Å². The molecule has 0 unspecified atom stereocenters. The molecule has 0 amide bonds. The number of hydrogen-bond donors (Lipinski definition) is 1. The number of rotatable bonds is 3. The number of aliphatic hydroxyl groups excluding tert-OH is 1. The van der Waals surface area contributed by atoms with Gasteiger partial charge in [-0.3, -0.25) is 0 Å². The average molecular weight is 256 g/mol. The average Bonchev–Trinajstić information content (AvgIpc) is 2.83. The number of aliphatic hydroxyl groups is 1. The Morgan fingerprint density at radius 2 is 2.21 bits per heavy atom. The van der Waals surface area contributed by atoms with Crippen molar-refractivity contribution in [2.24, 2.45) is 0 Å². The van der Waals surface area contributed by atoms with Crippen LogP contribution in [0.5, 0.6) is 5.75 Å². The van der Waals surface area contributed by atoms with Crippen LogP contribution in [-0.2, 0) is 4.74 Å². The van der Waals surface area contributed by atoms with Crippen molar-refractivity contribution < 1.29 is 14.6 Å². The first-order chi connectivity index (χ1) is 9.22. The van der Waals surface area contributed by atoms with E-state index in [-0.39, 0.29) is 11.8 Å². The molecule has 0 spiro atoms. The fourth-order valence-electron chi connectivity index (χ4n) is 1.70. The monoisotopic (exact) mass is 256 g/mol. The first-order valence-corrected chi connectivity index (χ1v) is 5.74. The molecule has 5 heteroatoms. The molecule has 5 nitrogen and oxygen atoms in total. The molecule has 96 valence electrons. The third kappa shape index (κ3) is 3.32. The van der Waals surface area contributed by atoms with Crippen LogP contribution in [0.25, 0.3) is 10.9 Å². The summed E-state index contributed by atoms with van der Waals surface area (Å²) in [5.41, 5.74) is 0.788. The van der Waals surface area contributed by atoms with Crippen molar-refractivity contribution >= 4 is 6.08 Å². The lowest BCUT2D eigenvalue weighted by molar-refractivity contribution is 0.0733. The van der Waals surface area contributed by atoms with Crippen molar-refractivity contribution in [3.05, 3.63) is 46.9 Å². The van der Waals surface area contributed by atoms with Crippen LogP contribution in [0.3, 0.4) is 0 Å². The molecule has 0 bridgehead atoms. The highest BCUT2D eigenvalue weighted by Gasteiger charge is 2.27. The summed E-state index contributed by atoms with van der Waals surface area (Å²) in [5, 5.41) is 18.2. The second-order valence-corrected chi connectivity index (χ2v) is 4.08. The zero-order valence-electron chi connectivity index (χ0n) is 10.1. The molecule has 1 saturated heterocycles. The second kappa shape index (κ2) is 6.01. The van der Waals surface area contributed by atoms with E-state index in [2.05, 4.69) is 4.85 Å². The maximum Gasteiger partial charge on any atom is 0.262 e. The van der Waals surface area contributed by atoms with Crippen molar-refractivity contribution in [1.82, 2.24) is 0 Å². The molecule has 2 atom stereocenters. The van der Waals surface area contributed by atoms with E-state index in [1.165, 1.54) is 6.08 Å². The van der Waals surface area contributed by atoms with E-state index in [0.29, 0.717) is 19.0 Å². The Hall–Kier alpha value is -2.34. The largest absolute Gasteiger partial charge is 0.485 e. The summed E-state index contributed by atoms with van der Waals surface area (Å²) in [6.07, 6.45) is 0.552. The van der Waals surface area contributed by atoms with Gasteiger partial charge in [-0.15, -0.1) is 0 Å². The number of hydrogen-bond acceptors (Lipinski definition) is 4. The number of nitriles is 1. The van der Waals surface area contributed by atoms with Gasteiger partial charge in [0.05, 0.1) is 25.9 Å². The topological polar surface area (TPSA) is 66.8 Å². The summed E-state index contributed by atoms with van der Waals surface area (Å²) in [7, 11) is 0. The van der Waals surface area contributed by atoms with Crippen molar-refractivity contribution in [2.45, 2.75) is 12.2 Å². The van der Waals surface area contributed by atoms with E-state index < -0.39 is 6.10 Å². The summed E-state index contributed by atoms with van der Waals surface area (Å²) in [6.45, 7) is 7.46. The van der Waals surface area contributed by atoms with Crippen LogP contribution in [0.1, 0.15) is 5.56 Å². The lowest BCUT2D eigenvalue weighted by atomic mass is 10.2. The molecule has 1 aromatic carbocycles.